The van der Waals surface area contributed by atoms with E-state index in [1.54, 1.807) is 0 Å². The normalized spacial score (nSPS) is 17.2. The van der Waals surface area contributed by atoms with Gasteiger partial charge in [0.15, 0.2) is 0 Å². The van der Waals surface area contributed by atoms with E-state index in [1.165, 1.54) is 5.56 Å². The van der Waals surface area contributed by atoms with Crippen molar-refractivity contribution in [1.82, 2.24) is 20.0 Å². The molecule has 5 nitrogen and oxygen atoms in total. The van der Waals surface area contributed by atoms with E-state index in [0.717, 1.165) is 63.1 Å². The molecule has 48 heavy (non-hydrogen) atoms. The second-order valence-corrected chi connectivity index (χ2v) is 15.0. The minimum atomic E-state index is -0.730. The third-order valence-electron chi connectivity index (χ3n) is 10.1. The molecule has 1 aliphatic heterocycles. The van der Waals surface area contributed by atoms with E-state index in [4.69, 9.17) is 10.8 Å². The average molecular weight is 699 g/mol. The summed E-state index contributed by atoms with van der Waals surface area (Å²) < 4.78 is 2.96. The molecule has 1 fully saturated rings. The zero-order valence-electron chi connectivity index (χ0n) is 28.0. The van der Waals surface area contributed by atoms with Crippen molar-refractivity contribution in [1.29, 1.82) is 0 Å². The first-order chi connectivity index (χ1) is 23.2. The van der Waals surface area contributed by atoms with Gasteiger partial charge in [0.05, 0.1) is 5.52 Å². The summed E-state index contributed by atoms with van der Waals surface area (Å²) in [5.74, 6) is 0.517. The summed E-state index contributed by atoms with van der Waals surface area (Å²) in [6, 6.07) is 47.4. The Bertz CT molecular complexity index is 1870. The van der Waals surface area contributed by atoms with Crippen molar-refractivity contribution in [2.45, 2.75) is 45.4 Å². The van der Waals surface area contributed by atoms with Gasteiger partial charge in [-0.05, 0) is 67.2 Å². The number of nitrogens with one attached hydrogen (secondary N) is 1. The number of hydrogen-bond acceptors (Lipinski definition) is 4. The first-order valence-electron chi connectivity index (χ1n) is 16.9. The van der Waals surface area contributed by atoms with Gasteiger partial charge in [0.1, 0.15) is 10.1 Å². The molecular weight excluding hydrogens is 654 g/mol. The van der Waals surface area contributed by atoms with Crippen LogP contribution in [0.4, 0.5) is 5.69 Å². The van der Waals surface area contributed by atoms with Crippen LogP contribution >= 0.6 is 15.9 Å². The van der Waals surface area contributed by atoms with E-state index in [9.17, 15) is 0 Å². The van der Waals surface area contributed by atoms with Crippen molar-refractivity contribution in [3.8, 4) is 0 Å². The minimum absolute atomic E-state index is 0.179. The second kappa shape index (κ2) is 13.3. The molecule has 0 spiro atoms. The Morgan fingerprint density at radius 2 is 1.27 bits per heavy atom. The molecule has 1 aromatic heterocycles. The number of aromatic nitrogens is 2. The number of anilines is 1. The molecule has 3 N–H and O–H groups in total. The smallest absolute Gasteiger partial charge is 0.138 e. The molecule has 0 radical (unpaired) electrons. The van der Waals surface area contributed by atoms with Gasteiger partial charge in [-0.15, -0.1) is 0 Å². The molecule has 0 saturated carbocycles. The summed E-state index contributed by atoms with van der Waals surface area (Å²) in [5, 5.41) is 10.2. The Labute approximate surface area is 292 Å². The molecule has 1 saturated heterocycles. The number of halogens is 1. The van der Waals surface area contributed by atoms with E-state index >= 15 is 0 Å². The van der Waals surface area contributed by atoms with Crippen molar-refractivity contribution in [2.24, 2.45) is 11.3 Å². The number of rotatable bonds is 9. The van der Waals surface area contributed by atoms with E-state index in [0.29, 0.717) is 18.5 Å². The van der Waals surface area contributed by atoms with Crippen LogP contribution in [-0.4, -0.2) is 33.8 Å². The van der Waals surface area contributed by atoms with Crippen molar-refractivity contribution in [2.75, 3.05) is 18.8 Å². The van der Waals surface area contributed by atoms with Crippen LogP contribution in [0.25, 0.3) is 10.9 Å². The Morgan fingerprint density at radius 3 is 1.79 bits per heavy atom. The first-order valence-corrected chi connectivity index (χ1v) is 17.7. The Hall–Kier alpha value is -4.23. The molecule has 2 heterocycles. The summed E-state index contributed by atoms with van der Waals surface area (Å²) in [6.45, 7) is 10.8. The largest absolute Gasteiger partial charge is 0.398 e. The van der Waals surface area contributed by atoms with Crippen LogP contribution < -0.4 is 11.1 Å². The minimum Gasteiger partial charge on any atom is -0.398 e. The molecule has 2 atom stereocenters. The van der Waals surface area contributed by atoms with Crippen LogP contribution in [0.1, 0.15) is 48.6 Å². The predicted molar refractivity (Wildman–Crippen MR) is 202 cm³/mol. The highest BCUT2D eigenvalue weighted by Gasteiger charge is 2.42. The molecule has 5 aromatic carbocycles. The summed E-state index contributed by atoms with van der Waals surface area (Å²) in [6.07, 6.45) is 0. The van der Waals surface area contributed by atoms with Gasteiger partial charge in [0, 0.05) is 43.3 Å². The van der Waals surface area contributed by atoms with Gasteiger partial charge < -0.3 is 11.1 Å². The van der Waals surface area contributed by atoms with E-state index in [-0.39, 0.29) is 5.41 Å². The van der Waals surface area contributed by atoms with E-state index < -0.39 is 5.54 Å². The summed E-state index contributed by atoms with van der Waals surface area (Å²) in [5.41, 5.74) is 14.0. The van der Waals surface area contributed by atoms with E-state index in [1.807, 2.05) is 0 Å². The highest BCUT2D eigenvalue weighted by Crippen LogP contribution is 2.44. The zero-order valence-corrected chi connectivity index (χ0v) is 29.6. The van der Waals surface area contributed by atoms with Gasteiger partial charge in [-0.25, -0.2) is 4.68 Å². The summed E-state index contributed by atoms with van der Waals surface area (Å²) in [7, 11) is 0. The maximum atomic E-state index is 6.95. The molecule has 0 aliphatic carbocycles. The lowest BCUT2D eigenvalue weighted by Crippen LogP contribution is -2.41. The van der Waals surface area contributed by atoms with Crippen LogP contribution in [0.2, 0.25) is 0 Å². The SMILES string of the molecule is CC(C)(C)C1CN(Cc2ccccc2)CC1NCc1cc2c(Br)nn(C(c3ccccc3)(c3ccccc3)c3ccccc3)c2cc1N. The van der Waals surface area contributed by atoms with Gasteiger partial charge in [-0.1, -0.05) is 142 Å². The van der Waals surface area contributed by atoms with Gasteiger partial charge in [-0.3, -0.25) is 4.90 Å². The number of benzene rings is 5. The highest BCUT2D eigenvalue weighted by molar-refractivity contribution is 9.10. The van der Waals surface area contributed by atoms with Crippen LogP contribution in [0, 0.1) is 11.3 Å². The quantitative estimate of drug-likeness (QED) is 0.117. The lowest BCUT2D eigenvalue weighted by molar-refractivity contribution is 0.205. The lowest BCUT2D eigenvalue weighted by Gasteiger charge is -2.37. The number of nitrogens with zero attached hydrogens (tertiary/aromatic N) is 3. The molecule has 0 bridgehead atoms. The van der Waals surface area contributed by atoms with Gasteiger partial charge in [-0.2, -0.15) is 5.10 Å². The van der Waals surface area contributed by atoms with Crippen molar-refractivity contribution >= 4 is 32.5 Å². The molecule has 6 aromatic rings. The number of fused-ring (bicyclic) bond motifs is 1. The van der Waals surface area contributed by atoms with Crippen LogP contribution in [0.5, 0.6) is 0 Å². The molecule has 2 unspecified atom stereocenters. The number of nitrogen functional groups attached to an aromatic ring is 1. The van der Waals surface area contributed by atoms with Gasteiger partial charge >= 0.3 is 0 Å². The Balaban J connectivity index is 1.27. The van der Waals surface area contributed by atoms with E-state index in [2.05, 4.69) is 185 Å². The molecule has 0 amide bonds. The van der Waals surface area contributed by atoms with Gasteiger partial charge in [0.25, 0.3) is 0 Å². The summed E-state index contributed by atoms with van der Waals surface area (Å²) >= 11 is 3.88. The fourth-order valence-corrected chi connectivity index (χ4v) is 8.16. The Morgan fingerprint density at radius 1 is 0.750 bits per heavy atom. The molecule has 244 valence electrons. The molecule has 6 heteroatoms. The predicted octanol–water partition coefficient (Wildman–Crippen LogP) is 8.86. The van der Waals surface area contributed by atoms with Crippen LogP contribution in [0.15, 0.2) is 138 Å². The highest BCUT2D eigenvalue weighted by atomic mass is 79.9. The monoisotopic (exact) mass is 697 g/mol. The van der Waals surface area contributed by atoms with Gasteiger partial charge in [0.2, 0.25) is 0 Å². The third kappa shape index (κ3) is 6.09. The third-order valence-corrected chi connectivity index (χ3v) is 10.7. The fourth-order valence-electron chi connectivity index (χ4n) is 7.68. The first kappa shape index (κ1) is 32.3. The fraction of sp³-hybridized carbons (Fsp3) is 0.262. The zero-order chi connectivity index (χ0) is 33.3. The van der Waals surface area contributed by atoms with Crippen molar-refractivity contribution in [3.05, 3.63) is 166 Å². The molecular formula is C42H44BrN5. The second-order valence-electron chi connectivity index (χ2n) is 14.2. The number of nitrogens with two attached hydrogens (primary N) is 1. The lowest BCUT2D eigenvalue weighted by atomic mass is 9.77. The maximum Gasteiger partial charge on any atom is 0.138 e. The topological polar surface area (TPSA) is 59.1 Å². The number of likely N-dealkylation sites (tertiary alicyclic amines) is 1. The molecule has 1 aliphatic rings. The summed E-state index contributed by atoms with van der Waals surface area (Å²) in [4.78, 5) is 2.59. The van der Waals surface area contributed by atoms with Crippen LogP contribution in [0.3, 0.4) is 0 Å². The molecule has 7 rings (SSSR count). The van der Waals surface area contributed by atoms with Crippen molar-refractivity contribution < 1.29 is 0 Å². The number of hydrogen-bond donors (Lipinski definition) is 2. The average Bonchev–Trinajstić information content (AvgIpc) is 3.66. The van der Waals surface area contributed by atoms with Crippen molar-refractivity contribution in [3.63, 3.8) is 0 Å². The Kier molecular flexibility index (Phi) is 8.99. The maximum absolute atomic E-state index is 6.95. The van der Waals surface area contributed by atoms with Crippen LogP contribution in [-0.2, 0) is 18.6 Å². The standard InChI is InChI=1S/C42H44BrN5/c1-41(2,3)36-28-47(27-30-16-8-4-9-17-30)29-38(36)45-26-31-24-35-39(25-37(31)44)48(46-40(35)43)42(32-18-10-5-11-19-32,33-20-12-6-13-21-33)34-22-14-7-15-23-34/h4-25,36,38,45H,26-29,44H2,1-3H3.